The summed E-state index contributed by atoms with van der Waals surface area (Å²) < 4.78 is 48.7. The Balaban J connectivity index is 1.60. The van der Waals surface area contributed by atoms with Gasteiger partial charge in [0.05, 0.1) is 5.56 Å². The van der Waals surface area contributed by atoms with Gasteiger partial charge < -0.3 is 19.0 Å². The zero-order valence-electron chi connectivity index (χ0n) is 15.0. The van der Waals surface area contributed by atoms with Gasteiger partial charge in [0.1, 0.15) is 12.0 Å². The Morgan fingerprint density at radius 1 is 1.44 bits per heavy atom. The highest BCUT2D eigenvalue weighted by molar-refractivity contribution is 5.92. The van der Waals surface area contributed by atoms with Crippen LogP contribution in [-0.4, -0.2) is 53.9 Å². The maximum Gasteiger partial charge on any atom is 0.416 e. The highest BCUT2D eigenvalue weighted by Gasteiger charge is 2.31. The number of oxazole rings is 1. The van der Waals surface area contributed by atoms with Crippen LogP contribution in [0.2, 0.25) is 0 Å². The van der Waals surface area contributed by atoms with Crippen LogP contribution in [0.25, 0.3) is 0 Å². The van der Waals surface area contributed by atoms with E-state index < -0.39 is 11.7 Å². The van der Waals surface area contributed by atoms with Crippen molar-refractivity contribution in [1.82, 2.24) is 14.8 Å². The Kier molecular flexibility index (Phi) is 5.41. The molecule has 0 aliphatic carbocycles. The van der Waals surface area contributed by atoms with Crippen LogP contribution in [-0.2, 0) is 12.8 Å². The Labute approximate surface area is 154 Å². The lowest BCUT2D eigenvalue weighted by atomic mass is 10.2. The standard InChI is InChI=1S/C18H20F3N3O3/c1-23-7-6-13(9-23)24(2)17(25)15-10-27-16(22-15)11-26-14-5-3-4-12(8-14)18(19,20)21/h3-5,8,10,13H,6-7,9,11H2,1-2H3/t13-/m1/s1. The second-order valence-corrected chi connectivity index (χ2v) is 6.56. The first-order chi connectivity index (χ1) is 12.7. The number of carbonyl (C=O) groups is 1. The minimum Gasteiger partial charge on any atom is -0.484 e. The molecule has 1 fully saturated rings. The lowest BCUT2D eigenvalue weighted by Crippen LogP contribution is -2.38. The predicted molar refractivity (Wildman–Crippen MR) is 90.3 cm³/mol. The molecule has 1 aliphatic heterocycles. The van der Waals surface area contributed by atoms with Crippen molar-refractivity contribution in [3.8, 4) is 5.75 Å². The van der Waals surface area contributed by atoms with Gasteiger partial charge in [-0.3, -0.25) is 4.79 Å². The molecule has 1 amide bonds. The molecular formula is C18H20F3N3O3. The Hall–Kier alpha value is -2.55. The fourth-order valence-electron chi connectivity index (χ4n) is 2.96. The van der Waals surface area contributed by atoms with Crippen molar-refractivity contribution in [2.45, 2.75) is 25.2 Å². The summed E-state index contributed by atoms with van der Waals surface area (Å²) in [4.78, 5) is 20.4. The Morgan fingerprint density at radius 2 is 2.22 bits per heavy atom. The third-order valence-electron chi connectivity index (χ3n) is 4.53. The Morgan fingerprint density at radius 3 is 2.89 bits per heavy atom. The SMILES string of the molecule is CN1CC[C@@H](N(C)C(=O)c2coc(COc3cccc(C(F)(F)F)c3)n2)C1. The molecule has 0 spiro atoms. The maximum absolute atomic E-state index is 12.7. The molecule has 6 nitrogen and oxygen atoms in total. The molecule has 0 bridgehead atoms. The molecule has 1 aromatic heterocycles. The van der Waals surface area contributed by atoms with E-state index in [9.17, 15) is 18.0 Å². The minimum absolute atomic E-state index is 0.0435. The molecule has 0 saturated carbocycles. The van der Waals surface area contributed by atoms with Crippen LogP contribution in [0, 0.1) is 0 Å². The van der Waals surface area contributed by atoms with Gasteiger partial charge in [-0.15, -0.1) is 0 Å². The largest absolute Gasteiger partial charge is 0.484 e. The first kappa shape index (κ1) is 19.2. The molecule has 2 heterocycles. The number of aromatic nitrogens is 1. The van der Waals surface area contributed by atoms with Gasteiger partial charge in [0.15, 0.2) is 12.3 Å². The summed E-state index contributed by atoms with van der Waals surface area (Å²) >= 11 is 0. The second-order valence-electron chi connectivity index (χ2n) is 6.56. The monoisotopic (exact) mass is 383 g/mol. The average molecular weight is 383 g/mol. The van der Waals surface area contributed by atoms with E-state index in [2.05, 4.69) is 9.88 Å². The van der Waals surface area contributed by atoms with Crippen LogP contribution < -0.4 is 4.74 Å². The third kappa shape index (κ3) is 4.60. The lowest BCUT2D eigenvalue weighted by molar-refractivity contribution is -0.137. The van der Waals surface area contributed by atoms with Gasteiger partial charge in [0.2, 0.25) is 5.89 Å². The molecule has 1 atom stereocenters. The average Bonchev–Trinajstić information content (AvgIpc) is 3.27. The van der Waals surface area contributed by atoms with E-state index in [0.717, 1.165) is 31.6 Å². The van der Waals surface area contributed by atoms with Gasteiger partial charge in [0.25, 0.3) is 5.91 Å². The fraction of sp³-hybridized carbons (Fsp3) is 0.444. The number of alkyl halides is 3. The van der Waals surface area contributed by atoms with Crippen molar-refractivity contribution in [2.75, 3.05) is 27.2 Å². The van der Waals surface area contributed by atoms with Crippen LogP contribution >= 0.6 is 0 Å². The summed E-state index contributed by atoms with van der Waals surface area (Å²) in [6.45, 7) is 1.55. The fourth-order valence-corrected chi connectivity index (χ4v) is 2.96. The molecule has 0 N–H and O–H groups in total. The number of ether oxygens (including phenoxy) is 1. The molecule has 9 heteroatoms. The van der Waals surface area contributed by atoms with E-state index in [0.29, 0.717) is 0 Å². The summed E-state index contributed by atoms with van der Waals surface area (Å²) in [5.41, 5.74) is -0.652. The van der Waals surface area contributed by atoms with Crippen LogP contribution in [0.15, 0.2) is 34.9 Å². The molecule has 27 heavy (non-hydrogen) atoms. The summed E-state index contributed by atoms with van der Waals surface area (Å²) in [5, 5.41) is 0. The van der Waals surface area contributed by atoms with E-state index in [1.54, 1.807) is 11.9 Å². The third-order valence-corrected chi connectivity index (χ3v) is 4.53. The highest BCUT2D eigenvalue weighted by Crippen LogP contribution is 2.31. The Bertz CT molecular complexity index is 806. The highest BCUT2D eigenvalue weighted by atomic mass is 19.4. The van der Waals surface area contributed by atoms with Crippen molar-refractivity contribution in [2.24, 2.45) is 0 Å². The van der Waals surface area contributed by atoms with E-state index in [4.69, 9.17) is 9.15 Å². The number of nitrogens with zero attached hydrogens (tertiary/aromatic N) is 3. The molecule has 1 saturated heterocycles. The predicted octanol–water partition coefficient (Wildman–Crippen LogP) is 3.05. The molecular weight excluding hydrogens is 363 g/mol. The van der Waals surface area contributed by atoms with Crippen LogP contribution in [0.1, 0.15) is 28.4 Å². The van der Waals surface area contributed by atoms with Crippen LogP contribution in [0.4, 0.5) is 13.2 Å². The number of rotatable bonds is 5. The first-order valence-corrected chi connectivity index (χ1v) is 8.44. The van der Waals surface area contributed by atoms with Crippen LogP contribution in [0.5, 0.6) is 5.75 Å². The van der Waals surface area contributed by atoms with E-state index in [-0.39, 0.29) is 35.9 Å². The van der Waals surface area contributed by atoms with Gasteiger partial charge in [-0.2, -0.15) is 13.2 Å². The zero-order valence-corrected chi connectivity index (χ0v) is 15.0. The number of benzene rings is 1. The second kappa shape index (κ2) is 7.59. The maximum atomic E-state index is 12.7. The smallest absolute Gasteiger partial charge is 0.416 e. The summed E-state index contributed by atoms with van der Waals surface area (Å²) in [6.07, 6.45) is -2.31. The minimum atomic E-state index is -4.44. The number of hydrogen-bond donors (Lipinski definition) is 0. The number of halogens is 3. The summed E-state index contributed by atoms with van der Waals surface area (Å²) in [7, 11) is 3.72. The molecule has 0 radical (unpaired) electrons. The van der Waals surface area contributed by atoms with Gasteiger partial charge in [-0.1, -0.05) is 6.07 Å². The van der Waals surface area contributed by atoms with Crippen molar-refractivity contribution in [1.29, 1.82) is 0 Å². The summed E-state index contributed by atoms with van der Waals surface area (Å²) in [6, 6.07) is 4.65. The van der Waals surface area contributed by atoms with Gasteiger partial charge >= 0.3 is 6.18 Å². The van der Waals surface area contributed by atoms with E-state index in [1.807, 2.05) is 7.05 Å². The molecule has 3 rings (SSSR count). The van der Waals surface area contributed by atoms with E-state index >= 15 is 0 Å². The van der Waals surface area contributed by atoms with E-state index in [1.165, 1.54) is 18.4 Å². The quantitative estimate of drug-likeness (QED) is 0.794. The molecule has 146 valence electrons. The number of likely N-dealkylation sites (N-methyl/N-ethyl adjacent to an activating group) is 2. The zero-order chi connectivity index (χ0) is 19.6. The van der Waals surface area contributed by atoms with Gasteiger partial charge in [0, 0.05) is 19.6 Å². The summed E-state index contributed by atoms with van der Waals surface area (Å²) in [5.74, 6) is -0.0981. The first-order valence-electron chi connectivity index (χ1n) is 8.44. The van der Waals surface area contributed by atoms with Gasteiger partial charge in [-0.05, 0) is 38.2 Å². The molecule has 1 aliphatic rings. The van der Waals surface area contributed by atoms with Crippen LogP contribution in [0.3, 0.4) is 0 Å². The van der Waals surface area contributed by atoms with Gasteiger partial charge in [-0.25, -0.2) is 4.98 Å². The van der Waals surface area contributed by atoms with Crippen molar-refractivity contribution >= 4 is 5.91 Å². The van der Waals surface area contributed by atoms with Crippen molar-refractivity contribution in [3.63, 3.8) is 0 Å². The number of hydrogen-bond acceptors (Lipinski definition) is 5. The number of likely N-dealkylation sites (tertiary alicyclic amines) is 1. The molecule has 2 aromatic rings. The topological polar surface area (TPSA) is 58.8 Å². The lowest BCUT2D eigenvalue weighted by Gasteiger charge is -2.23. The van der Waals surface area contributed by atoms with Crippen molar-refractivity contribution < 1.29 is 27.1 Å². The van der Waals surface area contributed by atoms with Crippen molar-refractivity contribution in [3.05, 3.63) is 47.7 Å². The number of carbonyl (C=O) groups excluding carboxylic acids is 1. The molecule has 0 unspecified atom stereocenters. The molecule has 1 aromatic carbocycles. The normalized spacial score (nSPS) is 17.9. The number of amides is 1.